The highest BCUT2D eigenvalue weighted by Crippen LogP contribution is 2.35. The quantitative estimate of drug-likeness (QED) is 0.396. The average molecular weight is 475 g/mol. The summed E-state index contributed by atoms with van der Waals surface area (Å²) in [5, 5.41) is 17.2. The number of H-pyrrole nitrogens is 1. The first-order valence-corrected chi connectivity index (χ1v) is 11.6. The molecule has 172 valence electrons. The van der Waals surface area contributed by atoms with E-state index in [0.29, 0.717) is 18.7 Å². The zero-order chi connectivity index (χ0) is 23.4. The van der Waals surface area contributed by atoms with E-state index in [1.54, 1.807) is 35.2 Å². The Hall–Kier alpha value is -3.85. The lowest BCUT2D eigenvalue weighted by molar-refractivity contribution is 0.0646. The number of aromatic amines is 1. The predicted octanol–water partition coefficient (Wildman–Crippen LogP) is 2.56. The number of hydrogen-bond acceptors (Lipinski definition) is 7. The molecule has 0 bridgehead atoms. The van der Waals surface area contributed by atoms with Gasteiger partial charge in [-0.1, -0.05) is 13.0 Å². The third-order valence-corrected chi connectivity index (χ3v) is 6.35. The standard InChI is InChI=1S/C22H22N9O2P/c1-12(34)17-5-3-4-13-10-16(28-31(13)17)19-18-14(23-11-24-18)7-9-30(19)22(32)21-26-25-20(33-21)15-6-8-29(2)27-15/h3-6,8,10-12,19H,7,9,34H2,1-2H3,(H,23,24)/t12?,19-/m1/s1. The molecule has 0 radical (unpaired) electrons. The van der Waals surface area contributed by atoms with Crippen LogP contribution in [0.4, 0.5) is 0 Å². The number of hydrogen-bond donors (Lipinski definition) is 1. The number of carbonyl (C=O) groups excluding carboxylic acids is 1. The minimum Gasteiger partial charge on any atom is -0.411 e. The van der Waals surface area contributed by atoms with E-state index in [-0.39, 0.29) is 23.3 Å². The monoisotopic (exact) mass is 475 g/mol. The van der Waals surface area contributed by atoms with E-state index < -0.39 is 6.04 Å². The van der Waals surface area contributed by atoms with Gasteiger partial charge in [0.15, 0.2) is 0 Å². The van der Waals surface area contributed by atoms with Gasteiger partial charge >= 0.3 is 11.8 Å². The van der Waals surface area contributed by atoms with Crippen LogP contribution in [0, 0.1) is 0 Å². The van der Waals surface area contributed by atoms with Crippen LogP contribution < -0.4 is 0 Å². The lowest BCUT2D eigenvalue weighted by Gasteiger charge is -2.32. The lowest BCUT2D eigenvalue weighted by Crippen LogP contribution is -2.41. The normalized spacial score (nSPS) is 16.7. The van der Waals surface area contributed by atoms with Gasteiger partial charge in [0.25, 0.3) is 5.89 Å². The third kappa shape index (κ3) is 3.31. The Morgan fingerprint density at radius 3 is 2.94 bits per heavy atom. The van der Waals surface area contributed by atoms with Crippen molar-refractivity contribution >= 4 is 20.7 Å². The van der Waals surface area contributed by atoms with Crippen molar-refractivity contribution < 1.29 is 9.21 Å². The number of aryl methyl sites for hydroxylation is 1. The van der Waals surface area contributed by atoms with Crippen LogP contribution in [-0.4, -0.2) is 56.9 Å². The van der Waals surface area contributed by atoms with Gasteiger partial charge in [0, 0.05) is 43.3 Å². The average Bonchev–Trinajstić information content (AvgIpc) is 3.62. The van der Waals surface area contributed by atoms with Crippen LogP contribution in [0.5, 0.6) is 0 Å². The van der Waals surface area contributed by atoms with Crippen molar-refractivity contribution in [1.82, 2.24) is 44.5 Å². The fraction of sp³-hybridized carbons (Fsp3) is 0.273. The molecule has 0 saturated heterocycles. The van der Waals surface area contributed by atoms with Gasteiger partial charge in [0.2, 0.25) is 0 Å². The second-order valence-corrected chi connectivity index (χ2v) is 9.35. The van der Waals surface area contributed by atoms with E-state index in [1.165, 1.54) is 0 Å². The lowest BCUT2D eigenvalue weighted by atomic mass is 9.99. The maximum absolute atomic E-state index is 13.6. The van der Waals surface area contributed by atoms with E-state index in [2.05, 4.69) is 41.4 Å². The zero-order valence-electron chi connectivity index (χ0n) is 18.6. The Kier molecular flexibility index (Phi) is 4.80. The van der Waals surface area contributed by atoms with Gasteiger partial charge in [0.05, 0.1) is 23.2 Å². The summed E-state index contributed by atoms with van der Waals surface area (Å²) in [4.78, 5) is 23.0. The first kappa shape index (κ1) is 20.7. The molecule has 11 nitrogen and oxygen atoms in total. The van der Waals surface area contributed by atoms with Crippen molar-refractivity contribution in [2.24, 2.45) is 7.05 Å². The molecule has 12 heteroatoms. The van der Waals surface area contributed by atoms with Crippen molar-refractivity contribution in [2.45, 2.75) is 25.0 Å². The minimum atomic E-state index is -0.486. The molecule has 0 spiro atoms. The topological polar surface area (TPSA) is 123 Å². The van der Waals surface area contributed by atoms with Crippen LogP contribution >= 0.6 is 9.24 Å². The van der Waals surface area contributed by atoms with Crippen molar-refractivity contribution in [2.75, 3.05) is 6.54 Å². The van der Waals surface area contributed by atoms with Gasteiger partial charge in [-0.2, -0.15) is 10.2 Å². The summed E-state index contributed by atoms with van der Waals surface area (Å²) >= 11 is 0. The number of fused-ring (bicyclic) bond motifs is 2. The molecule has 34 heavy (non-hydrogen) atoms. The first-order valence-electron chi connectivity index (χ1n) is 10.9. The molecule has 1 aliphatic heterocycles. The molecule has 5 aromatic rings. The molecule has 1 N–H and O–H groups in total. The number of amides is 1. The number of nitrogens with one attached hydrogen (secondary N) is 1. The van der Waals surface area contributed by atoms with Crippen LogP contribution in [0.1, 0.15) is 52.1 Å². The molecule has 3 atom stereocenters. The summed E-state index contributed by atoms with van der Waals surface area (Å²) in [7, 11) is 4.60. The number of nitrogens with zero attached hydrogens (tertiary/aromatic N) is 8. The number of rotatable bonds is 4. The van der Waals surface area contributed by atoms with Crippen LogP contribution in [0.2, 0.25) is 0 Å². The summed E-state index contributed by atoms with van der Waals surface area (Å²) in [6.45, 7) is 2.55. The Morgan fingerprint density at radius 1 is 1.26 bits per heavy atom. The largest absolute Gasteiger partial charge is 0.411 e. The Labute approximate surface area is 196 Å². The number of aromatic nitrogens is 8. The highest BCUT2D eigenvalue weighted by atomic mass is 31.0. The van der Waals surface area contributed by atoms with E-state index in [0.717, 1.165) is 28.3 Å². The van der Waals surface area contributed by atoms with Crippen molar-refractivity contribution in [3.05, 3.63) is 71.5 Å². The number of pyridine rings is 1. The second-order valence-electron chi connectivity index (χ2n) is 8.35. The fourth-order valence-electron chi connectivity index (χ4n) is 4.39. The van der Waals surface area contributed by atoms with Crippen LogP contribution in [0.3, 0.4) is 0 Å². The number of carbonyl (C=O) groups is 1. The van der Waals surface area contributed by atoms with Gasteiger partial charge in [-0.3, -0.25) is 9.48 Å². The molecule has 6 rings (SSSR count). The van der Waals surface area contributed by atoms with E-state index in [4.69, 9.17) is 9.52 Å². The minimum absolute atomic E-state index is 0.0901. The van der Waals surface area contributed by atoms with Gasteiger partial charge in [-0.25, -0.2) is 9.50 Å². The van der Waals surface area contributed by atoms with Gasteiger partial charge in [-0.05, 0) is 24.3 Å². The van der Waals surface area contributed by atoms with Crippen LogP contribution in [0.15, 0.2) is 47.3 Å². The molecule has 6 heterocycles. The molecule has 1 aliphatic rings. The molecule has 0 aromatic carbocycles. The summed E-state index contributed by atoms with van der Waals surface area (Å²) in [6.07, 6.45) is 4.07. The van der Waals surface area contributed by atoms with E-state index >= 15 is 0 Å². The molecule has 2 unspecified atom stereocenters. The summed E-state index contributed by atoms with van der Waals surface area (Å²) in [6, 6.07) is 9.33. The highest BCUT2D eigenvalue weighted by molar-refractivity contribution is 7.17. The third-order valence-electron chi connectivity index (χ3n) is 6.01. The number of imidazole rings is 1. The molecule has 0 fully saturated rings. The summed E-state index contributed by atoms with van der Waals surface area (Å²) in [5.41, 5.74) is 5.22. The van der Waals surface area contributed by atoms with Crippen molar-refractivity contribution in [3.8, 4) is 11.6 Å². The smallest absolute Gasteiger partial charge is 0.312 e. The van der Waals surface area contributed by atoms with Gasteiger partial charge < -0.3 is 14.3 Å². The molecule has 0 saturated carbocycles. The van der Waals surface area contributed by atoms with Crippen LogP contribution in [0.25, 0.3) is 17.1 Å². The van der Waals surface area contributed by atoms with Gasteiger partial charge in [-0.15, -0.1) is 19.4 Å². The Morgan fingerprint density at radius 2 is 2.15 bits per heavy atom. The molecule has 5 aromatic heterocycles. The molecular weight excluding hydrogens is 453 g/mol. The maximum Gasteiger partial charge on any atom is 0.312 e. The Balaban J connectivity index is 1.41. The Bertz CT molecular complexity index is 1510. The van der Waals surface area contributed by atoms with Gasteiger partial charge in [0.1, 0.15) is 11.7 Å². The zero-order valence-corrected chi connectivity index (χ0v) is 19.7. The second kappa shape index (κ2) is 7.88. The van der Waals surface area contributed by atoms with Crippen molar-refractivity contribution in [3.63, 3.8) is 0 Å². The summed E-state index contributed by atoms with van der Waals surface area (Å²) < 4.78 is 9.27. The van der Waals surface area contributed by atoms with E-state index in [1.807, 2.05) is 28.8 Å². The maximum atomic E-state index is 13.6. The molecule has 1 amide bonds. The van der Waals surface area contributed by atoms with Crippen LogP contribution in [-0.2, 0) is 13.5 Å². The molecular formula is C22H22N9O2P. The SMILES string of the molecule is CC(P)c1cccc2cc([C@@H]3c4nc[nH]c4CCN3C(=O)c3nnc(-c4ccn(C)n4)o3)nn12. The van der Waals surface area contributed by atoms with Crippen molar-refractivity contribution in [1.29, 1.82) is 0 Å². The fourth-order valence-corrected chi connectivity index (χ4v) is 4.65. The first-order chi connectivity index (χ1) is 16.5. The summed E-state index contributed by atoms with van der Waals surface area (Å²) in [5.74, 6) is -0.262. The highest BCUT2D eigenvalue weighted by Gasteiger charge is 2.38. The predicted molar refractivity (Wildman–Crippen MR) is 125 cm³/mol. The molecule has 0 aliphatic carbocycles. The van der Waals surface area contributed by atoms with E-state index in [9.17, 15) is 4.79 Å².